The number of unbranched alkanes of at least 4 members (excludes halogenated alkanes) is 15. The zero-order valence-corrected chi connectivity index (χ0v) is 21.4. The Labute approximate surface area is 182 Å². The molecule has 0 unspecified atom stereocenters. The van der Waals surface area contributed by atoms with E-state index in [2.05, 4.69) is 6.92 Å². The van der Waals surface area contributed by atoms with Gasteiger partial charge in [-0.15, -0.1) is 0 Å². The van der Waals surface area contributed by atoms with Gasteiger partial charge in [-0.3, -0.25) is 0 Å². The van der Waals surface area contributed by atoms with E-state index in [-0.39, 0.29) is 0 Å². The van der Waals surface area contributed by atoms with Gasteiger partial charge in [-0.05, 0) is 0 Å². The molecule has 0 saturated carbocycles. The minimum absolute atomic E-state index is 0.707. The molecule has 0 atom stereocenters. The van der Waals surface area contributed by atoms with Crippen LogP contribution < -0.4 is 0 Å². The predicted octanol–water partition coefficient (Wildman–Crippen LogP) is 8.67. The summed E-state index contributed by atoms with van der Waals surface area (Å²) >= 11 is -2.96. The van der Waals surface area contributed by atoms with Crippen molar-refractivity contribution >= 4 is 0 Å². The normalized spacial score (nSPS) is 12.0. The van der Waals surface area contributed by atoms with Gasteiger partial charge in [0.1, 0.15) is 0 Å². The first-order chi connectivity index (χ1) is 13.7. The Morgan fingerprint density at radius 1 is 0.393 bits per heavy atom. The van der Waals surface area contributed by atoms with Gasteiger partial charge in [-0.25, -0.2) is 0 Å². The zero-order valence-electron chi connectivity index (χ0n) is 19.9. The van der Waals surface area contributed by atoms with Crippen LogP contribution in [0.1, 0.15) is 130 Å². The Kier molecular flexibility index (Phi) is 22.8. The molecule has 0 aromatic heterocycles. The van der Waals surface area contributed by atoms with E-state index in [9.17, 15) is 0 Å². The van der Waals surface area contributed by atoms with Gasteiger partial charge in [0.25, 0.3) is 0 Å². The van der Waals surface area contributed by atoms with Crippen LogP contribution in [0.4, 0.5) is 0 Å². The average Bonchev–Trinajstić information content (AvgIpc) is 2.68. The maximum atomic E-state index is 5.98. The van der Waals surface area contributed by atoms with Crippen molar-refractivity contribution in [1.29, 1.82) is 0 Å². The molecule has 0 spiro atoms. The van der Waals surface area contributed by atoms with Gasteiger partial charge in [0, 0.05) is 0 Å². The Morgan fingerprint density at radius 2 is 0.679 bits per heavy atom. The predicted molar refractivity (Wildman–Crippen MR) is 119 cm³/mol. The van der Waals surface area contributed by atoms with E-state index in [1.807, 2.05) is 20.8 Å². The van der Waals surface area contributed by atoms with Crippen molar-refractivity contribution < 1.29 is 27.7 Å². The summed E-state index contributed by atoms with van der Waals surface area (Å²) in [5.41, 5.74) is 0. The molecular weight excluding hydrogens is 384 g/mol. The number of rotatable bonds is 23. The van der Waals surface area contributed by atoms with Gasteiger partial charge >= 0.3 is 144 Å². The van der Waals surface area contributed by atoms with Crippen molar-refractivity contribution in [3.63, 3.8) is 0 Å². The first-order valence-corrected chi connectivity index (χ1v) is 15.7. The fraction of sp³-hybridized carbons (Fsp3) is 1.00. The summed E-state index contributed by atoms with van der Waals surface area (Å²) in [5.74, 6) is 0. The maximum absolute atomic E-state index is 5.98. The minimum atomic E-state index is -2.96. The number of hydrogen-bond donors (Lipinski definition) is 0. The summed E-state index contributed by atoms with van der Waals surface area (Å²) in [5, 5.41) is 0. The Bertz CT molecular complexity index is 283. The third-order valence-corrected chi connectivity index (χ3v) is 10.4. The molecular formula is C24H52O3Ti. The van der Waals surface area contributed by atoms with Crippen LogP contribution in [0.3, 0.4) is 0 Å². The van der Waals surface area contributed by atoms with Crippen molar-refractivity contribution in [2.45, 2.75) is 135 Å². The summed E-state index contributed by atoms with van der Waals surface area (Å²) in [4.78, 5) is 0. The number of hydrogen-bond acceptors (Lipinski definition) is 3. The molecule has 0 aliphatic rings. The van der Waals surface area contributed by atoms with Gasteiger partial charge in [-0.1, -0.05) is 39.0 Å². The fourth-order valence-corrected chi connectivity index (χ4v) is 8.08. The summed E-state index contributed by atoms with van der Waals surface area (Å²) in [7, 11) is 0. The molecule has 170 valence electrons. The third kappa shape index (κ3) is 17.5. The van der Waals surface area contributed by atoms with Gasteiger partial charge in [0.15, 0.2) is 0 Å². The summed E-state index contributed by atoms with van der Waals surface area (Å²) in [6, 6.07) is 0. The standard InChI is InChI=1S/C18H37.3C2H5O.Ti/c1-3-5-7-9-11-13-15-17-18-16-14-12-10-8-6-4-2;3*1-2-3;/h1,3-18H2,2H3;3*2H2,1H3;/q;3*-1;+3. The molecule has 0 aliphatic carbocycles. The van der Waals surface area contributed by atoms with Crippen molar-refractivity contribution in [2.75, 3.05) is 19.8 Å². The molecule has 28 heavy (non-hydrogen) atoms. The van der Waals surface area contributed by atoms with Gasteiger partial charge in [0.2, 0.25) is 0 Å². The van der Waals surface area contributed by atoms with Crippen molar-refractivity contribution in [3.8, 4) is 0 Å². The second-order valence-corrected chi connectivity index (χ2v) is 12.3. The van der Waals surface area contributed by atoms with E-state index in [0.717, 1.165) is 4.73 Å². The third-order valence-electron chi connectivity index (χ3n) is 5.43. The van der Waals surface area contributed by atoms with E-state index in [1.54, 1.807) is 0 Å². The summed E-state index contributed by atoms with van der Waals surface area (Å²) in [6.45, 7) is 10.6. The van der Waals surface area contributed by atoms with Crippen LogP contribution in [0.15, 0.2) is 0 Å². The molecule has 0 amide bonds. The first kappa shape index (κ1) is 28.6. The molecule has 0 rings (SSSR count). The molecule has 0 bridgehead atoms. The quantitative estimate of drug-likeness (QED) is 0.118. The molecule has 0 aromatic carbocycles. The van der Waals surface area contributed by atoms with Gasteiger partial charge < -0.3 is 0 Å². The molecule has 0 aromatic rings. The van der Waals surface area contributed by atoms with E-state index in [0.29, 0.717) is 19.8 Å². The zero-order chi connectivity index (χ0) is 20.8. The molecule has 0 radical (unpaired) electrons. The Balaban J connectivity index is 3.46. The van der Waals surface area contributed by atoms with E-state index in [1.165, 1.54) is 103 Å². The van der Waals surface area contributed by atoms with E-state index >= 15 is 0 Å². The van der Waals surface area contributed by atoms with Crippen LogP contribution in [-0.4, -0.2) is 19.8 Å². The molecule has 0 N–H and O–H groups in total. The summed E-state index contributed by atoms with van der Waals surface area (Å²) in [6.07, 6.45) is 22.4. The molecule has 0 saturated heterocycles. The van der Waals surface area contributed by atoms with Gasteiger partial charge in [-0.2, -0.15) is 0 Å². The fourth-order valence-electron chi connectivity index (χ4n) is 3.89. The molecule has 0 fully saturated rings. The van der Waals surface area contributed by atoms with Crippen LogP contribution >= 0.6 is 0 Å². The van der Waals surface area contributed by atoms with Crippen molar-refractivity contribution in [2.24, 2.45) is 0 Å². The van der Waals surface area contributed by atoms with Crippen molar-refractivity contribution in [1.82, 2.24) is 0 Å². The summed E-state index contributed by atoms with van der Waals surface area (Å²) < 4.78 is 19.0. The SMILES string of the molecule is CCCCCCCCCCCCCCCCC[CH2][Ti]([O]CC)([O]CC)[O]CC. The first-order valence-electron chi connectivity index (χ1n) is 12.7. The van der Waals surface area contributed by atoms with E-state index in [4.69, 9.17) is 9.96 Å². The van der Waals surface area contributed by atoms with Crippen LogP contribution in [0, 0.1) is 0 Å². The Hall–Kier alpha value is 0.594. The van der Waals surface area contributed by atoms with Gasteiger partial charge in [0.05, 0.1) is 0 Å². The monoisotopic (exact) mass is 436 g/mol. The second kappa shape index (κ2) is 22.3. The van der Waals surface area contributed by atoms with Crippen LogP contribution in [0.25, 0.3) is 0 Å². The van der Waals surface area contributed by atoms with E-state index < -0.39 is 17.8 Å². The molecule has 4 heteroatoms. The molecule has 3 nitrogen and oxygen atoms in total. The average molecular weight is 437 g/mol. The second-order valence-electron chi connectivity index (χ2n) is 8.04. The van der Waals surface area contributed by atoms with Crippen LogP contribution in [0.2, 0.25) is 4.73 Å². The van der Waals surface area contributed by atoms with Crippen LogP contribution in [-0.2, 0) is 27.7 Å². The molecule has 0 aliphatic heterocycles. The van der Waals surface area contributed by atoms with Crippen LogP contribution in [0.5, 0.6) is 0 Å². The molecule has 0 heterocycles. The topological polar surface area (TPSA) is 27.7 Å². The van der Waals surface area contributed by atoms with Crippen molar-refractivity contribution in [3.05, 3.63) is 0 Å². The Morgan fingerprint density at radius 3 is 0.964 bits per heavy atom.